The molecule has 0 unspecified atom stereocenters. The Labute approximate surface area is 159 Å². The molecule has 4 heteroatoms. The zero-order valence-corrected chi connectivity index (χ0v) is 16.1. The number of amidine groups is 1. The lowest BCUT2D eigenvalue weighted by Crippen LogP contribution is -2.43. The van der Waals surface area contributed by atoms with Gasteiger partial charge in [0.05, 0.1) is 5.69 Å². The standard InChI is InChI=1S/C21H23ClN2S/c1-25-20(23-18-8-6-17(22)7-9-18)24-14-12-21(13-15-24)11-10-16-4-2-3-5-19(16)21/h2-9H,10-15H2,1H3/b23-20+. The average Bonchev–Trinajstić information content (AvgIpc) is 3.01. The van der Waals surface area contributed by atoms with Crippen molar-refractivity contribution >= 4 is 34.2 Å². The predicted molar refractivity (Wildman–Crippen MR) is 109 cm³/mol. The van der Waals surface area contributed by atoms with Crippen molar-refractivity contribution in [1.29, 1.82) is 0 Å². The van der Waals surface area contributed by atoms with Gasteiger partial charge in [-0.15, -0.1) is 0 Å². The molecule has 2 aromatic rings. The number of rotatable bonds is 1. The number of benzene rings is 2. The van der Waals surface area contributed by atoms with Gasteiger partial charge in [0.25, 0.3) is 0 Å². The number of hydrogen-bond donors (Lipinski definition) is 0. The van der Waals surface area contributed by atoms with Crippen molar-refractivity contribution in [3.63, 3.8) is 0 Å². The molecule has 130 valence electrons. The van der Waals surface area contributed by atoms with Gasteiger partial charge in [0, 0.05) is 18.1 Å². The van der Waals surface area contributed by atoms with E-state index in [1.165, 1.54) is 25.7 Å². The van der Waals surface area contributed by atoms with Gasteiger partial charge in [-0.1, -0.05) is 47.6 Å². The first kappa shape index (κ1) is 17.0. The molecule has 25 heavy (non-hydrogen) atoms. The molecule has 0 atom stereocenters. The molecule has 1 aliphatic heterocycles. The second-order valence-corrected chi connectivity index (χ2v) is 8.21. The lowest BCUT2D eigenvalue weighted by atomic mass is 9.74. The van der Waals surface area contributed by atoms with Crippen molar-refractivity contribution < 1.29 is 0 Å². The third kappa shape index (κ3) is 3.32. The summed E-state index contributed by atoms with van der Waals surface area (Å²) in [5.41, 5.74) is 4.54. The SMILES string of the molecule is CS/C(=N/c1ccc(Cl)cc1)N1CCC2(CCc3ccccc32)CC1. The minimum Gasteiger partial charge on any atom is -0.351 e. The molecule has 0 N–H and O–H groups in total. The first-order chi connectivity index (χ1) is 12.2. The summed E-state index contributed by atoms with van der Waals surface area (Å²) in [5, 5.41) is 1.87. The van der Waals surface area contributed by atoms with Crippen LogP contribution < -0.4 is 0 Å². The topological polar surface area (TPSA) is 15.6 Å². The maximum absolute atomic E-state index is 5.98. The molecule has 1 aliphatic carbocycles. The van der Waals surface area contributed by atoms with E-state index in [2.05, 4.69) is 35.4 Å². The van der Waals surface area contributed by atoms with Crippen LogP contribution in [0.25, 0.3) is 0 Å². The molecule has 1 saturated heterocycles. The van der Waals surface area contributed by atoms with Crippen molar-refractivity contribution in [3.05, 3.63) is 64.7 Å². The summed E-state index contributed by atoms with van der Waals surface area (Å²) in [7, 11) is 0. The molecule has 0 saturated carbocycles. The van der Waals surface area contributed by atoms with Crippen LogP contribution >= 0.6 is 23.4 Å². The number of piperidine rings is 1. The molecule has 0 amide bonds. The van der Waals surface area contributed by atoms with E-state index in [0.29, 0.717) is 5.41 Å². The van der Waals surface area contributed by atoms with E-state index in [-0.39, 0.29) is 0 Å². The van der Waals surface area contributed by atoms with Gasteiger partial charge in [-0.05, 0) is 72.7 Å². The van der Waals surface area contributed by atoms with Gasteiger partial charge in [-0.25, -0.2) is 4.99 Å². The first-order valence-corrected chi connectivity index (χ1v) is 10.5. The van der Waals surface area contributed by atoms with Crippen LogP contribution in [-0.2, 0) is 11.8 Å². The largest absolute Gasteiger partial charge is 0.351 e. The van der Waals surface area contributed by atoms with E-state index >= 15 is 0 Å². The highest BCUT2D eigenvalue weighted by Crippen LogP contribution is 2.46. The quantitative estimate of drug-likeness (QED) is 0.474. The van der Waals surface area contributed by atoms with Crippen LogP contribution in [0.4, 0.5) is 5.69 Å². The van der Waals surface area contributed by atoms with Crippen molar-refractivity contribution in [2.45, 2.75) is 31.1 Å². The van der Waals surface area contributed by atoms with Gasteiger partial charge in [-0.3, -0.25) is 0 Å². The third-order valence-corrected chi connectivity index (χ3v) is 6.65. The van der Waals surface area contributed by atoms with E-state index < -0.39 is 0 Å². The lowest BCUT2D eigenvalue weighted by Gasteiger charge is -2.41. The fourth-order valence-electron chi connectivity index (χ4n) is 4.28. The second kappa shape index (κ2) is 7.05. The van der Waals surface area contributed by atoms with Crippen molar-refractivity contribution in [1.82, 2.24) is 4.90 Å². The van der Waals surface area contributed by atoms with Crippen LogP contribution in [0.15, 0.2) is 53.5 Å². The Bertz CT molecular complexity index is 777. The van der Waals surface area contributed by atoms with E-state index in [1.807, 2.05) is 24.3 Å². The number of aryl methyl sites for hydroxylation is 1. The van der Waals surface area contributed by atoms with Crippen LogP contribution in [-0.4, -0.2) is 29.4 Å². The Morgan fingerprint density at radius 3 is 2.48 bits per heavy atom. The van der Waals surface area contributed by atoms with Crippen molar-refractivity contribution in [3.8, 4) is 0 Å². The average molecular weight is 371 g/mol. The minimum absolute atomic E-state index is 0.400. The summed E-state index contributed by atoms with van der Waals surface area (Å²) < 4.78 is 0. The number of fused-ring (bicyclic) bond motifs is 2. The number of aliphatic imine (C=N–C) groups is 1. The maximum atomic E-state index is 5.98. The zero-order chi connectivity index (χ0) is 17.3. The summed E-state index contributed by atoms with van der Waals surface area (Å²) >= 11 is 7.71. The fourth-order valence-corrected chi connectivity index (χ4v) is 5.04. The number of likely N-dealkylation sites (tertiary alicyclic amines) is 1. The molecule has 2 nitrogen and oxygen atoms in total. The van der Waals surface area contributed by atoms with Gasteiger partial charge >= 0.3 is 0 Å². The highest BCUT2D eigenvalue weighted by Gasteiger charge is 2.41. The predicted octanol–water partition coefficient (Wildman–Crippen LogP) is 5.67. The van der Waals surface area contributed by atoms with E-state index in [9.17, 15) is 0 Å². The summed E-state index contributed by atoms with van der Waals surface area (Å²) in [4.78, 5) is 7.30. The van der Waals surface area contributed by atoms with Crippen molar-refractivity contribution in [2.24, 2.45) is 4.99 Å². The Hall–Kier alpha value is -1.45. The molecule has 0 aromatic heterocycles. The molecule has 4 rings (SSSR count). The highest BCUT2D eigenvalue weighted by atomic mass is 35.5. The monoisotopic (exact) mass is 370 g/mol. The van der Waals surface area contributed by atoms with Crippen LogP contribution in [0, 0.1) is 0 Å². The summed E-state index contributed by atoms with van der Waals surface area (Å²) in [6.07, 6.45) is 7.12. The number of thioether (sulfide) groups is 1. The number of hydrogen-bond acceptors (Lipinski definition) is 2. The van der Waals surface area contributed by atoms with Crippen LogP contribution in [0.3, 0.4) is 0 Å². The first-order valence-electron chi connectivity index (χ1n) is 8.92. The van der Waals surface area contributed by atoms with E-state index in [1.54, 1.807) is 22.9 Å². The Balaban J connectivity index is 1.50. The Morgan fingerprint density at radius 1 is 1.04 bits per heavy atom. The maximum Gasteiger partial charge on any atom is 0.164 e. The van der Waals surface area contributed by atoms with E-state index in [0.717, 1.165) is 29.0 Å². The molecule has 1 fully saturated rings. The minimum atomic E-state index is 0.400. The van der Waals surface area contributed by atoms with Crippen LogP contribution in [0.1, 0.15) is 30.4 Å². The second-order valence-electron chi connectivity index (χ2n) is 7.00. The number of nitrogens with zero attached hydrogens (tertiary/aromatic N) is 2. The Morgan fingerprint density at radius 2 is 1.76 bits per heavy atom. The number of halogens is 1. The van der Waals surface area contributed by atoms with Gasteiger partial charge in [0.2, 0.25) is 0 Å². The van der Waals surface area contributed by atoms with Crippen molar-refractivity contribution in [2.75, 3.05) is 19.3 Å². The molecule has 1 heterocycles. The smallest absolute Gasteiger partial charge is 0.164 e. The molecular formula is C21H23ClN2S. The van der Waals surface area contributed by atoms with E-state index in [4.69, 9.17) is 16.6 Å². The lowest BCUT2D eigenvalue weighted by molar-refractivity contribution is 0.227. The molecule has 2 aliphatic rings. The molecule has 0 radical (unpaired) electrons. The molecular weight excluding hydrogens is 348 g/mol. The van der Waals surface area contributed by atoms with Crippen LogP contribution in [0.5, 0.6) is 0 Å². The zero-order valence-electron chi connectivity index (χ0n) is 14.5. The van der Waals surface area contributed by atoms with Gasteiger partial charge in [0.15, 0.2) is 5.17 Å². The normalized spacial score (nSPS) is 19.3. The molecule has 2 aromatic carbocycles. The molecule has 0 bridgehead atoms. The third-order valence-electron chi connectivity index (χ3n) is 5.69. The van der Waals surface area contributed by atoms with Crippen LogP contribution in [0.2, 0.25) is 5.02 Å². The summed E-state index contributed by atoms with van der Waals surface area (Å²) in [6.45, 7) is 2.17. The van der Waals surface area contributed by atoms with Gasteiger partial charge in [0.1, 0.15) is 0 Å². The van der Waals surface area contributed by atoms with Gasteiger partial charge < -0.3 is 4.90 Å². The van der Waals surface area contributed by atoms with Gasteiger partial charge in [-0.2, -0.15) is 0 Å². The molecule has 1 spiro atoms. The highest BCUT2D eigenvalue weighted by molar-refractivity contribution is 8.13. The summed E-state index contributed by atoms with van der Waals surface area (Å²) in [5.74, 6) is 0. The fraction of sp³-hybridized carbons (Fsp3) is 0.381. The Kier molecular flexibility index (Phi) is 4.79. The summed E-state index contributed by atoms with van der Waals surface area (Å²) in [6, 6.07) is 16.8.